The zero-order valence-electron chi connectivity index (χ0n) is 16.1. The number of carbonyl (C=O) groups excluding carboxylic acids is 4. The van der Waals surface area contributed by atoms with Gasteiger partial charge in [-0.3, -0.25) is 24.1 Å². The molecule has 0 aromatic heterocycles. The monoisotopic (exact) mass is 392 g/mol. The minimum absolute atomic E-state index is 0.0367. The van der Waals surface area contributed by atoms with Crippen LogP contribution in [0.2, 0.25) is 0 Å². The number of allylic oxidation sites excluding steroid dienone is 2. The quantitative estimate of drug-likeness (QED) is 0.730. The summed E-state index contributed by atoms with van der Waals surface area (Å²) in [4.78, 5) is 51.5. The van der Waals surface area contributed by atoms with E-state index in [9.17, 15) is 24.3 Å². The summed E-state index contributed by atoms with van der Waals surface area (Å²) < 4.78 is 0. The van der Waals surface area contributed by atoms with Gasteiger partial charge in [-0.1, -0.05) is 24.3 Å². The molecule has 0 fully saturated rings. The average Bonchev–Trinajstić information content (AvgIpc) is 2.71. The van der Waals surface area contributed by atoms with E-state index in [1.54, 1.807) is 42.5 Å². The SMILES string of the molecule is CC(=O)c1ccc(N(C(C)=O)C2=C(NCCO)C(=O)c3ccccc3C2=O)cc1. The maximum absolute atomic E-state index is 13.3. The Morgan fingerprint density at radius 1 is 0.931 bits per heavy atom. The average molecular weight is 392 g/mol. The molecular weight excluding hydrogens is 372 g/mol. The van der Waals surface area contributed by atoms with Gasteiger partial charge in [0.25, 0.3) is 0 Å². The standard InChI is InChI=1S/C22H20N2O5/c1-13(26)15-7-9-16(10-8-15)24(14(2)27)20-19(23-11-12-25)21(28)17-5-3-4-6-18(17)22(20)29/h3-10,23,25H,11-12H2,1-2H3. The number of carbonyl (C=O) groups is 4. The zero-order valence-corrected chi connectivity index (χ0v) is 16.1. The van der Waals surface area contributed by atoms with Gasteiger partial charge >= 0.3 is 0 Å². The molecule has 3 rings (SSSR count). The first-order chi connectivity index (χ1) is 13.9. The summed E-state index contributed by atoms with van der Waals surface area (Å²) in [7, 11) is 0. The highest BCUT2D eigenvalue weighted by atomic mass is 16.3. The summed E-state index contributed by atoms with van der Waals surface area (Å²) in [6.07, 6.45) is 0. The van der Waals surface area contributed by atoms with Gasteiger partial charge in [-0.2, -0.15) is 0 Å². The zero-order chi connectivity index (χ0) is 21.1. The highest BCUT2D eigenvalue weighted by molar-refractivity contribution is 6.29. The minimum Gasteiger partial charge on any atom is -0.395 e. The fourth-order valence-electron chi connectivity index (χ4n) is 3.23. The van der Waals surface area contributed by atoms with E-state index in [-0.39, 0.29) is 41.5 Å². The summed E-state index contributed by atoms with van der Waals surface area (Å²) in [6.45, 7) is 2.49. The number of anilines is 1. The summed E-state index contributed by atoms with van der Waals surface area (Å²) >= 11 is 0. The first kappa shape index (κ1) is 20.2. The van der Waals surface area contributed by atoms with Crippen molar-refractivity contribution in [2.45, 2.75) is 13.8 Å². The molecule has 0 spiro atoms. The third-order valence-corrected chi connectivity index (χ3v) is 4.58. The second-order valence-corrected chi connectivity index (χ2v) is 6.54. The Labute approximate surface area is 167 Å². The van der Waals surface area contributed by atoms with Crippen molar-refractivity contribution in [1.82, 2.24) is 5.32 Å². The van der Waals surface area contributed by atoms with Gasteiger partial charge in [0.2, 0.25) is 17.5 Å². The summed E-state index contributed by atoms with van der Waals surface area (Å²) in [6, 6.07) is 12.6. The molecule has 1 aliphatic carbocycles. The number of nitrogens with zero attached hydrogens (tertiary/aromatic N) is 1. The van der Waals surface area contributed by atoms with Gasteiger partial charge in [0, 0.05) is 35.8 Å². The number of aliphatic hydroxyl groups is 1. The lowest BCUT2D eigenvalue weighted by atomic mass is 9.89. The molecule has 0 unspecified atom stereocenters. The molecule has 148 valence electrons. The maximum Gasteiger partial charge on any atom is 0.228 e. The van der Waals surface area contributed by atoms with Crippen LogP contribution in [-0.4, -0.2) is 41.5 Å². The molecular formula is C22H20N2O5. The van der Waals surface area contributed by atoms with Crippen LogP contribution in [0.3, 0.4) is 0 Å². The van der Waals surface area contributed by atoms with Gasteiger partial charge < -0.3 is 10.4 Å². The molecule has 2 aromatic rings. The van der Waals surface area contributed by atoms with E-state index in [0.29, 0.717) is 11.3 Å². The first-order valence-corrected chi connectivity index (χ1v) is 9.06. The largest absolute Gasteiger partial charge is 0.395 e. The molecule has 29 heavy (non-hydrogen) atoms. The normalized spacial score (nSPS) is 13.2. The van der Waals surface area contributed by atoms with E-state index >= 15 is 0 Å². The Bertz CT molecular complexity index is 1040. The van der Waals surface area contributed by atoms with Crippen molar-refractivity contribution in [3.05, 3.63) is 76.6 Å². The number of rotatable bonds is 6. The molecule has 0 bridgehead atoms. The third kappa shape index (κ3) is 3.72. The van der Waals surface area contributed by atoms with Crippen LogP contribution in [0, 0.1) is 0 Å². The fraction of sp³-hybridized carbons (Fsp3) is 0.182. The number of ketones is 3. The number of nitrogens with one attached hydrogen (secondary N) is 1. The van der Waals surface area contributed by atoms with Gasteiger partial charge in [-0.05, 0) is 31.2 Å². The topological polar surface area (TPSA) is 104 Å². The van der Waals surface area contributed by atoms with Crippen LogP contribution in [0.4, 0.5) is 5.69 Å². The molecule has 0 saturated heterocycles. The smallest absolute Gasteiger partial charge is 0.228 e. The number of hydrogen-bond donors (Lipinski definition) is 2. The predicted molar refractivity (Wildman–Crippen MR) is 107 cm³/mol. The third-order valence-electron chi connectivity index (χ3n) is 4.58. The highest BCUT2D eigenvalue weighted by Gasteiger charge is 2.37. The van der Waals surface area contributed by atoms with Crippen LogP contribution < -0.4 is 10.2 Å². The van der Waals surface area contributed by atoms with E-state index in [0.717, 1.165) is 4.90 Å². The molecule has 2 aromatic carbocycles. The van der Waals surface area contributed by atoms with Gasteiger partial charge in [0.15, 0.2) is 5.78 Å². The number of Topliss-reactive ketones (excluding diaryl/α,β-unsaturated/α-hetero) is 3. The number of aliphatic hydroxyl groups excluding tert-OH is 1. The Morgan fingerprint density at radius 2 is 1.52 bits per heavy atom. The van der Waals surface area contributed by atoms with E-state index in [2.05, 4.69) is 5.32 Å². The molecule has 0 radical (unpaired) electrons. The summed E-state index contributed by atoms with van der Waals surface area (Å²) in [5.41, 5.74) is 1.09. The fourth-order valence-corrected chi connectivity index (χ4v) is 3.23. The van der Waals surface area contributed by atoms with Crippen LogP contribution in [0.15, 0.2) is 59.9 Å². The molecule has 0 heterocycles. The molecule has 2 N–H and O–H groups in total. The van der Waals surface area contributed by atoms with Crippen molar-refractivity contribution < 1.29 is 24.3 Å². The summed E-state index contributed by atoms with van der Waals surface area (Å²) in [5.74, 6) is -1.52. The molecule has 1 aliphatic rings. The van der Waals surface area contributed by atoms with Crippen molar-refractivity contribution in [3.63, 3.8) is 0 Å². The molecule has 0 saturated carbocycles. The Kier molecular flexibility index (Phi) is 5.70. The van der Waals surface area contributed by atoms with Crippen molar-refractivity contribution in [3.8, 4) is 0 Å². The molecule has 0 aliphatic heterocycles. The van der Waals surface area contributed by atoms with Gasteiger partial charge in [0.05, 0.1) is 6.61 Å². The predicted octanol–water partition coefficient (Wildman–Crippen LogP) is 2.11. The first-order valence-electron chi connectivity index (χ1n) is 9.06. The Hall–Kier alpha value is -3.58. The minimum atomic E-state index is -0.480. The van der Waals surface area contributed by atoms with Crippen LogP contribution in [0.1, 0.15) is 44.9 Å². The molecule has 7 heteroatoms. The van der Waals surface area contributed by atoms with E-state index < -0.39 is 17.5 Å². The summed E-state index contributed by atoms with van der Waals surface area (Å²) in [5, 5.41) is 12.0. The lowest BCUT2D eigenvalue weighted by molar-refractivity contribution is -0.116. The Balaban J connectivity index is 2.19. The van der Waals surface area contributed by atoms with Gasteiger partial charge in [-0.25, -0.2) is 0 Å². The second-order valence-electron chi connectivity index (χ2n) is 6.54. The van der Waals surface area contributed by atoms with Crippen molar-refractivity contribution in [2.75, 3.05) is 18.1 Å². The molecule has 1 amide bonds. The van der Waals surface area contributed by atoms with Crippen LogP contribution in [0.5, 0.6) is 0 Å². The number of amides is 1. The van der Waals surface area contributed by atoms with Crippen LogP contribution in [-0.2, 0) is 4.79 Å². The van der Waals surface area contributed by atoms with Gasteiger partial charge in [-0.15, -0.1) is 0 Å². The highest BCUT2D eigenvalue weighted by Crippen LogP contribution is 2.31. The molecule has 0 atom stereocenters. The van der Waals surface area contributed by atoms with Crippen molar-refractivity contribution >= 4 is 28.9 Å². The maximum atomic E-state index is 13.3. The lowest BCUT2D eigenvalue weighted by Gasteiger charge is -2.29. The van der Waals surface area contributed by atoms with Crippen molar-refractivity contribution in [1.29, 1.82) is 0 Å². The number of fused-ring (bicyclic) bond motifs is 1. The lowest BCUT2D eigenvalue weighted by Crippen LogP contribution is -2.41. The van der Waals surface area contributed by atoms with Crippen LogP contribution >= 0.6 is 0 Å². The van der Waals surface area contributed by atoms with E-state index in [1.165, 1.54) is 19.9 Å². The van der Waals surface area contributed by atoms with E-state index in [4.69, 9.17) is 0 Å². The number of hydrogen-bond acceptors (Lipinski definition) is 6. The van der Waals surface area contributed by atoms with Crippen molar-refractivity contribution in [2.24, 2.45) is 0 Å². The van der Waals surface area contributed by atoms with E-state index in [1.807, 2.05) is 0 Å². The molecule has 7 nitrogen and oxygen atoms in total. The van der Waals surface area contributed by atoms with Gasteiger partial charge in [0.1, 0.15) is 11.4 Å². The van der Waals surface area contributed by atoms with Crippen LogP contribution in [0.25, 0.3) is 0 Å². The Morgan fingerprint density at radius 3 is 2.03 bits per heavy atom. The number of benzene rings is 2. The second kappa shape index (κ2) is 8.20.